The van der Waals surface area contributed by atoms with Crippen LogP contribution in [0.5, 0.6) is 5.75 Å². The molecule has 1 saturated heterocycles. The zero-order valence-corrected chi connectivity index (χ0v) is 16.8. The van der Waals surface area contributed by atoms with Gasteiger partial charge in [-0.25, -0.2) is 0 Å². The molecule has 5 heteroatoms. The summed E-state index contributed by atoms with van der Waals surface area (Å²) in [4.78, 5) is 28.6. The topological polar surface area (TPSA) is 46.6 Å². The van der Waals surface area contributed by atoms with E-state index in [0.717, 1.165) is 21.8 Å². The summed E-state index contributed by atoms with van der Waals surface area (Å²) in [7, 11) is 1.61. The number of Topliss-reactive ketones (excluding diaryl/α,β-unsaturated/α-hetero) is 1. The molecule has 0 N–H and O–H groups in total. The Morgan fingerprint density at radius 1 is 1.07 bits per heavy atom. The summed E-state index contributed by atoms with van der Waals surface area (Å²) in [6.07, 6.45) is 3.42. The second-order valence-corrected chi connectivity index (χ2v) is 7.72. The van der Waals surface area contributed by atoms with E-state index in [-0.39, 0.29) is 17.6 Å². The number of ketones is 1. The number of aryl methyl sites for hydroxylation is 1. The minimum absolute atomic E-state index is 0.0268. The quantitative estimate of drug-likeness (QED) is 0.565. The molecule has 0 unspecified atom stereocenters. The van der Waals surface area contributed by atoms with E-state index in [0.29, 0.717) is 31.5 Å². The van der Waals surface area contributed by atoms with Crippen LogP contribution in [0.1, 0.15) is 39.1 Å². The number of hydrogen-bond donors (Lipinski definition) is 0. The summed E-state index contributed by atoms with van der Waals surface area (Å²) in [6.45, 7) is 3.21. The van der Waals surface area contributed by atoms with Crippen LogP contribution in [0.15, 0.2) is 47.4 Å². The van der Waals surface area contributed by atoms with Crippen LogP contribution in [-0.4, -0.2) is 43.0 Å². The predicted molar refractivity (Wildman–Crippen MR) is 109 cm³/mol. The monoisotopic (exact) mass is 383 g/mol. The molecule has 0 aromatic heterocycles. The number of carbonyl (C=O) groups is 2. The number of piperidine rings is 1. The Morgan fingerprint density at radius 2 is 1.74 bits per heavy atom. The molecule has 142 valence electrons. The van der Waals surface area contributed by atoms with E-state index >= 15 is 0 Å². The van der Waals surface area contributed by atoms with Crippen molar-refractivity contribution < 1.29 is 14.3 Å². The first-order valence-corrected chi connectivity index (χ1v) is 10.4. The van der Waals surface area contributed by atoms with Crippen molar-refractivity contribution in [1.82, 2.24) is 4.90 Å². The van der Waals surface area contributed by atoms with Gasteiger partial charge in [-0.3, -0.25) is 9.59 Å². The van der Waals surface area contributed by atoms with Crippen molar-refractivity contribution in [2.75, 3.05) is 26.5 Å². The summed E-state index contributed by atoms with van der Waals surface area (Å²) in [6, 6.07) is 13.3. The third-order valence-corrected chi connectivity index (χ3v) is 5.93. The van der Waals surface area contributed by atoms with Crippen LogP contribution < -0.4 is 4.74 Å². The zero-order valence-electron chi connectivity index (χ0n) is 16.0. The van der Waals surface area contributed by atoms with Gasteiger partial charge in [-0.2, -0.15) is 0 Å². The van der Waals surface area contributed by atoms with E-state index in [9.17, 15) is 9.59 Å². The maximum absolute atomic E-state index is 12.9. The van der Waals surface area contributed by atoms with Gasteiger partial charge in [0.15, 0.2) is 5.78 Å². The molecule has 0 bridgehead atoms. The highest BCUT2D eigenvalue weighted by Gasteiger charge is 2.29. The average Bonchev–Trinajstić information content (AvgIpc) is 2.73. The fourth-order valence-corrected chi connectivity index (χ4v) is 3.90. The van der Waals surface area contributed by atoms with Gasteiger partial charge < -0.3 is 9.64 Å². The fourth-order valence-electron chi connectivity index (χ4n) is 3.46. The van der Waals surface area contributed by atoms with Crippen LogP contribution in [-0.2, 0) is 0 Å². The molecule has 0 aliphatic carbocycles. The Balaban J connectivity index is 1.64. The van der Waals surface area contributed by atoms with Crippen molar-refractivity contribution in [1.29, 1.82) is 0 Å². The highest BCUT2D eigenvalue weighted by atomic mass is 32.2. The lowest BCUT2D eigenvalue weighted by atomic mass is 9.88. The van der Waals surface area contributed by atoms with E-state index in [1.165, 1.54) is 0 Å². The molecule has 1 aliphatic heterocycles. The van der Waals surface area contributed by atoms with E-state index in [1.807, 2.05) is 60.5 Å². The van der Waals surface area contributed by atoms with Crippen molar-refractivity contribution in [3.05, 3.63) is 59.2 Å². The minimum Gasteiger partial charge on any atom is -0.497 e. The van der Waals surface area contributed by atoms with Crippen molar-refractivity contribution >= 4 is 23.5 Å². The standard InChI is InChI=1S/C22H25NO3S/c1-15-4-9-19(27-3)14-20(15)22(25)23-12-10-17(11-13-23)21(24)16-5-7-18(26-2)8-6-16/h4-9,14,17H,10-13H2,1-3H3. The number of ether oxygens (including phenoxy) is 1. The first kappa shape index (κ1) is 19.5. The van der Waals surface area contributed by atoms with Crippen molar-refractivity contribution in [2.24, 2.45) is 5.92 Å². The Morgan fingerprint density at radius 3 is 2.33 bits per heavy atom. The molecule has 1 heterocycles. The molecular formula is C22H25NO3S. The average molecular weight is 384 g/mol. The Bertz CT molecular complexity index is 824. The maximum atomic E-state index is 12.9. The van der Waals surface area contributed by atoms with Crippen LogP contribution in [0.25, 0.3) is 0 Å². The number of methoxy groups -OCH3 is 1. The smallest absolute Gasteiger partial charge is 0.254 e. The molecule has 4 nitrogen and oxygen atoms in total. The van der Waals surface area contributed by atoms with Crippen LogP contribution in [0, 0.1) is 12.8 Å². The Hall–Kier alpha value is -2.27. The van der Waals surface area contributed by atoms with E-state index < -0.39 is 0 Å². The highest BCUT2D eigenvalue weighted by molar-refractivity contribution is 7.98. The predicted octanol–water partition coefficient (Wildman–Crippen LogP) is 4.46. The van der Waals surface area contributed by atoms with Gasteiger partial charge in [0.05, 0.1) is 7.11 Å². The van der Waals surface area contributed by atoms with Crippen LogP contribution in [0.4, 0.5) is 0 Å². The van der Waals surface area contributed by atoms with Crippen molar-refractivity contribution in [3.63, 3.8) is 0 Å². The van der Waals surface area contributed by atoms with Gasteiger partial charge in [0, 0.05) is 35.0 Å². The SMILES string of the molecule is COc1ccc(C(=O)C2CCN(C(=O)c3cc(SC)ccc3C)CC2)cc1. The lowest BCUT2D eigenvalue weighted by Gasteiger charge is -2.32. The third kappa shape index (κ3) is 4.35. The van der Waals surface area contributed by atoms with Gasteiger partial charge in [-0.1, -0.05) is 6.07 Å². The number of likely N-dealkylation sites (tertiary alicyclic amines) is 1. The molecule has 2 aromatic rings. The summed E-state index contributed by atoms with van der Waals surface area (Å²) in [5.74, 6) is 0.944. The molecule has 2 aromatic carbocycles. The number of thioether (sulfide) groups is 1. The van der Waals surface area contributed by atoms with Crippen LogP contribution in [0.2, 0.25) is 0 Å². The Labute approximate surface area is 164 Å². The highest BCUT2D eigenvalue weighted by Crippen LogP contribution is 2.26. The molecule has 0 radical (unpaired) electrons. The summed E-state index contributed by atoms with van der Waals surface area (Å²) in [5, 5.41) is 0. The molecule has 1 aliphatic rings. The maximum Gasteiger partial charge on any atom is 0.254 e. The molecule has 27 heavy (non-hydrogen) atoms. The number of carbonyl (C=O) groups excluding carboxylic acids is 2. The van der Waals surface area contributed by atoms with E-state index in [2.05, 4.69) is 0 Å². The van der Waals surface area contributed by atoms with E-state index in [1.54, 1.807) is 18.9 Å². The van der Waals surface area contributed by atoms with Crippen molar-refractivity contribution in [3.8, 4) is 5.75 Å². The number of rotatable bonds is 5. The fraction of sp³-hybridized carbons (Fsp3) is 0.364. The lowest BCUT2D eigenvalue weighted by Crippen LogP contribution is -2.40. The minimum atomic E-state index is -0.0268. The molecule has 0 atom stereocenters. The van der Waals surface area contributed by atoms with Gasteiger partial charge >= 0.3 is 0 Å². The Kier molecular flexibility index (Phi) is 6.22. The molecule has 0 spiro atoms. The third-order valence-electron chi connectivity index (χ3n) is 5.20. The van der Waals surface area contributed by atoms with Crippen LogP contribution >= 0.6 is 11.8 Å². The number of hydrogen-bond acceptors (Lipinski definition) is 4. The summed E-state index contributed by atoms with van der Waals surface area (Å²) in [5.41, 5.74) is 2.47. The largest absolute Gasteiger partial charge is 0.497 e. The zero-order chi connectivity index (χ0) is 19.4. The van der Waals surface area contributed by atoms with Gasteiger partial charge in [-0.05, 0) is 68.0 Å². The van der Waals surface area contributed by atoms with Crippen LogP contribution in [0.3, 0.4) is 0 Å². The summed E-state index contributed by atoms with van der Waals surface area (Å²) < 4.78 is 5.15. The van der Waals surface area contributed by atoms with Gasteiger partial charge in [0.1, 0.15) is 5.75 Å². The number of amides is 1. The summed E-state index contributed by atoms with van der Waals surface area (Å²) >= 11 is 1.64. The number of benzene rings is 2. The first-order valence-electron chi connectivity index (χ1n) is 9.15. The second kappa shape index (κ2) is 8.61. The van der Waals surface area contributed by atoms with Crippen molar-refractivity contribution in [2.45, 2.75) is 24.7 Å². The van der Waals surface area contributed by atoms with Gasteiger partial charge in [0.2, 0.25) is 0 Å². The molecule has 0 saturated carbocycles. The number of nitrogens with zero attached hydrogens (tertiary/aromatic N) is 1. The van der Waals surface area contributed by atoms with Gasteiger partial charge in [-0.15, -0.1) is 11.8 Å². The first-order chi connectivity index (χ1) is 13.0. The second-order valence-electron chi connectivity index (χ2n) is 6.84. The normalized spacial score (nSPS) is 14.9. The van der Waals surface area contributed by atoms with E-state index in [4.69, 9.17) is 4.74 Å². The molecule has 1 fully saturated rings. The molecular weight excluding hydrogens is 358 g/mol. The van der Waals surface area contributed by atoms with Gasteiger partial charge in [0.25, 0.3) is 5.91 Å². The molecule has 3 rings (SSSR count). The molecule has 1 amide bonds. The lowest BCUT2D eigenvalue weighted by molar-refractivity contribution is 0.0649.